The number of nitrogens with one attached hydrogen (secondary N) is 1. The molecule has 1 fully saturated rings. The molecule has 19 heavy (non-hydrogen) atoms. The fraction of sp³-hybridized carbons (Fsp3) is 0.538. The number of hydrogen-bond donors (Lipinski definition) is 1. The van der Waals surface area contributed by atoms with E-state index in [1.165, 1.54) is 0 Å². The Bertz CT molecular complexity index is 543. The molecule has 1 saturated carbocycles. The van der Waals surface area contributed by atoms with Gasteiger partial charge in [-0.3, -0.25) is 4.31 Å². The summed E-state index contributed by atoms with van der Waals surface area (Å²) < 4.78 is 26.5. The Hall–Kier alpha value is -0.780. The highest BCUT2D eigenvalue weighted by Crippen LogP contribution is 2.33. The van der Waals surface area contributed by atoms with E-state index in [0.717, 1.165) is 30.6 Å². The van der Waals surface area contributed by atoms with Gasteiger partial charge in [0.15, 0.2) is 0 Å². The van der Waals surface area contributed by atoms with E-state index in [9.17, 15) is 8.42 Å². The average molecular weight is 303 g/mol. The first-order chi connectivity index (χ1) is 8.67. The minimum absolute atomic E-state index is 0. The smallest absolute Gasteiger partial charge is 0.235 e. The monoisotopic (exact) mass is 302 g/mol. The minimum Gasteiger partial charge on any atom is -0.311 e. The average Bonchev–Trinajstić information content (AvgIpc) is 3.13. The van der Waals surface area contributed by atoms with Gasteiger partial charge in [0.2, 0.25) is 10.0 Å². The molecule has 0 spiro atoms. The Morgan fingerprint density at radius 3 is 2.74 bits per heavy atom. The van der Waals surface area contributed by atoms with Crippen LogP contribution in [0.1, 0.15) is 18.4 Å². The number of benzene rings is 1. The molecule has 0 bridgehead atoms. The Balaban J connectivity index is 0.00000133. The van der Waals surface area contributed by atoms with E-state index in [2.05, 4.69) is 5.32 Å². The molecule has 1 heterocycles. The standard InChI is InChI=1S/C13H18N2O2S.ClH/c16-18(17,10-11-5-6-11)15-8-7-14-9-12-3-1-2-4-13(12)15;/h1-4,11,14H,5-10H2;1H. The summed E-state index contributed by atoms with van der Waals surface area (Å²) in [6.45, 7) is 1.98. The quantitative estimate of drug-likeness (QED) is 0.925. The summed E-state index contributed by atoms with van der Waals surface area (Å²) >= 11 is 0. The zero-order valence-corrected chi connectivity index (χ0v) is 12.3. The molecule has 2 aliphatic rings. The van der Waals surface area contributed by atoms with Gasteiger partial charge in [0.25, 0.3) is 0 Å². The molecule has 106 valence electrons. The second-order valence-electron chi connectivity index (χ2n) is 5.10. The summed E-state index contributed by atoms with van der Waals surface area (Å²) in [7, 11) is -3.16. The van der Waals surface area contributed by atoms with E-state index in [4.69, 9.17) is 0 Å². The van der Waals surface area contributed by atoms with Gasteiger partial charge in [-0.25, -0.2) is 8.42 Å². The van der Waals surface area contributed by atoms with Crippen LogP contribution in [0.5, 0.6) is 0 Å². The zero-order valence-electron chi connectivity index (χ0n) is 10.7. The van der Waals surface area contributed by atoms with Crippen molar-refractivity contribution in [1.82, 2.24) is 5.32 Å². The molecule has 0 amide bonds. The van der Waals surface area contributed by atoms with Crippen LogP contribution in [0.2, 0.25) is 0 Å². The van der Waals surface area contributed by atoms with Gasteiger partial charge in [0, 0.05) is 19.6 Å². The second-order valence-corrected chi connectivity index (χ2v) is 7.04. The molecule has 0 saturated heterocycles. The van der Waals surface area contributed by atoms with Crippen LogP contribution in [0, 0.1) is 5.92 Å². The molecule has 0 aromatic heterocycles. The molecular weight excluding hydrogens is 284 g/mol. The first kappa shape index (κ1) is 14.6. The number of hydrogen-bond acceptors (Lipinski definition) is 3. The van der Waals surface area contributed by atoms with Gasteiger partial charge >= 0.3 is 0 Å². The maximum Gasteiger partial charge on any atom is 0.235 e. The third-order valence-corrected chi connectivity index (χ3v) is 5.49. The molecule has 0 radical (unpaired) electrons. The Kier molecular flexibility index (Phi) is 4.38. The van der Waals surface area contributed by atoms with Crippen molar-refractivity contribution in [3.63, 3.8) is 0 Å². The number of fused-ring (bicyclic) bond motifs is 1. The van der Waals surface area contributed by atoms with Crippen molar-refractivity contribution in [1.29, 1.82) is 0 Å². The summed E-state index contributed by atoms with van der Waals surface area (Å²) in [6, 6.07) is 7.77. The van der Waals surface area contributed by atoms with Gasteiger partial charge in [-0.2, -0.15) is 0 Å². The van der Waals surface area contributed by atoms with E-state index < -0.39 is 10.0 Å². The fourth-order valence-corrected chi connectivity index (χ4v) is 4.35. The largest absolute Gasteiger partial charge is 0.311 e. The summed E-state index contributed by atoms with van der Waals surface area (Å²) in [6.07, 6.45) is 2.12. The highest BCUT2D eigenvalue weighted by atomic mass is 35.5. The molecule has 4 nitrogen and oxygen atoms in total. The third kappa shape index (κ3) is 3.22. The summed E-state index contributed by atoms with van der Waals surface area (Å²) in [5.41, 5.74) is 1.91. The third-order valence-electron chi connectivity index (χ3n) is 3.55. The van der Waals surface area contributed by atoms with Crippen LogP contribution >= 0.6 is 12.4 Å². The van der Waals surface area contributed by atoms with E-state index in [0.29, 0.717) is 24.8 Å². The highest BCUT2D eigenvalue weighted by molar-refractivity contribution is 7.92. The number of anilines is 1. The Morgan fingerprint density at radius 2 is 2.00 bits per heavy atom. The van der Waals surface area contributed by atoms with Crippen LogP contribution in [0.3, 0.4) is 0 Å². The van der Waals surface area contributed by atoms with E-state index in [-0.39, 0.29) is 12.4 Å². The zero-order chi connectivity index (χ0) is 12.6. The maximum absolute atomic E-state index is 12.4. The lowest BCUT2D eigenvalue weighted by atomic mass is 10.2. The van der Waals surface area contributed by atoms with Crippen molar-refractivity contribution in [3.8, 4) is 0 Å². The minimum atomic E-state index is -3.16. The molecule has 1 aliphatic carbocycles. The van der Waals surface area contributed by atoms with E-state index >= 15 is 0 Å². The fourth-order valence-electron chi connectivity index (χ4n) is 2.39. The lowest BCUT2D eigenvalue weighted by molar-refractivity contribution is 0.585. The predicted molar refractivity (Wildman–Crippen MR) is 79.3 cm³/mol. The first-order valence-electron chi connectivity index (χ1n) is 6.46. The molecule has 1 aliphatic heterocycles. The number of halogens is 1. The van der Waals surface area contributed by atoms with Crippen LogP contribution in [0.4, 0.5) is 5.69 Å². The van der Waals surface area contributed by atoms with Crippen molar-refractivity contribution in [2.75, 3.05) is 23.1 Å². The van der Waals surface area contributed by atoms with Crippen molar-refractivity contribution in [2.24, 2.45) is 5.92 Å². The van der Waals surface area contributed by atoms with Crippen molar-refractivity contribution in [3.05, 3.63) is 29.8 Å². The van der Waals surface area contributed by atoms with Crippen LogP contribution in [-0.2, 0) is 16.6 Å². The number of sulfonamides is 1. The van der Waals surface area contributed by atoms with Crippen molar-refractivity contribution in [2.45, 2.75) is 19.4 Å². The normalized spacial score (nSPS) is 19.3. The number of rotatable bonds is 3. The Labute approximate surface area is 120 Å². The molecule has 6 heteroatoms. The van der Waals surface area contributed by atoms with Gasteiger partial charge in [-0.05, 0) is 30.4 Å². The van der Waals surface area contributed by atoms with Crippen LogP contribution in [0.25, 0.3) is 0 Å². The second kappa shape index (κ2) is 5.69. The van der Waals surface area contributed by atoms with Gasteiger partial charge in [0.1, 0.15) is 0 Å². The van der Waals surface area contributed by atoms with Crippen LogP contribution in [-0.4, -0.2) is 27.3 Å². The molecular formula is C13H19ClN2O2S. The number of nitrogens with zero attached hydrogens (tertiary/aromatic N) is 1. The van der Waals surface area contributed by atoms with Crippen molar-refractivity contribution < 1.29 is 8.42 Å². The summed E-state index contributed by atoms with van der Waals surface area (Å²) in [5.74, 6) is 0.694. The van der Waals surface area contributed by atoms with Crippen molar-refractivity contribution >= 4 is 28.1 Å². The molecule has 0 unspecified atom stereocenters. The first-order valence-corrected chi connectivity index (χ1v) is 8.07. The molecule has 1 N–H and O–H groups in total. The predicted octanol–water partition coefficient (Wildman–Crippen LogP) is 1.76. The SMILES string of the molecule is Cl.O=S(=O)(CC1CC1)N1CCNCc2ccccc21. The molecule has 0 atom stereocenters. The van der Waals surface area contributed by atoms with Crippen LogP contribution < -0.4 is 9.62 Å². The summed E-state index contributed by atoms with van der Waals surface area (Å²) in [4.78, 5) is 0. The van der Waals surface area contributed by atoms with Gasteiger partial charge < -0.3 is 5.32 Å². The lowest BCUT2D eigenvalue weighted by Crippen LogP contribution is -2.36. The number of para-hydroxylation sites is 1. The van der Waals surface area contributed by atoms with Crippen LogP contribution in [0.15, 0.2) is 24.3 Å². The Morgan fingerprint density at radius 1 is 1.26 bits per heavy atom. The van der Waals surface area contributed by atoms with E-state index in [1.54, 1.807) is 4.31 Å². The summed E-state index contributed by atoms with van der Waals surface area (Å²) in [5, 5.41) is 3.27. The molecule has 1 aromatic carbocycles. The molecule has 1 aromatic rings. The van der Waals surface area contributed by atoms with Gasteiger partial charge in [-0.1, -0.05) is 18.2 Å². The van der Waals surface area contributed by atoms with Gasteiger partial charge in [-0.15, -0.1) is 12.4 Å². The molecule has 3 rings (SSSR count). The van der Waals surface area contributed by atoms with Gasteiger partial charge in [0.05, 0.1) is 11.4 Å². The highest BCUT2D eigenvalue weighted by Gasteiger charge is 2.33. The lowest BCUT2D eigenvalue weighted by Gasteiger charge is -2.24. The maximum atomic E-state index is 12.4. The topological polar surface area (TPSA) is 49.4 Å². The van der Waals surface area contributed by atoms with E-state index in [1.807, 2.05) is 24.3 Å².